The number of terminal acetylenes is 1. The normalized spacial score (nSPS) is 18.1. The highest BCUT2D eigenvalue weighted by Crippen LogP contribution is 2.22. The van der Waals surface area contributed by atoms with Gasteiger partial charge >= 0.3 is 0 Å². The molecule has 1 amide bonds. The Balaban J connectivity index is 2.00. The zero-order chi connectivity index (χ0) is 15.1. The molecule has 2 rings (SSSR count). The summed E-state index contributed by atoms with van der Waals surface area (Å²) < 4.78 is 10.5. The Morgan fingerprint density at radius 1 is 1.62 bits per heavy atom. The van der Waals surface area contributed by atoms with Gasteiger partial charge in [0.1, 0.15) is 12.2 Å². The van der Waals surface area contributed by atoms with Crippen LogP contribution in [-0.4, -0.2) is 49.2 Å². The van der Waals surface area contributed by atoms with E-state index >= 15 is 0 Å². The molecular weight excluding hydrogens is 268 g/mol. The van der Waals surface area contributed by atoms with Gasteiger partial charge in [0.05, 0.1) is 13.7 Å². The molecule has 0 aromatic carbocycles. The summed E-state index contributed by atoms with van der Waals surface area (Å²) in [5.74, 6) is 3.12. The lowest BCUT2D eigenvalue weighted by Crippen LogP contribution is -2.41. The summed E-state index contributed by atoms with van der Waals surface area (Å²) in [7, 11) is 1.52. The molecule has 21 heavy (non-hydrogen) atoms. The van der Waals surface area contributed by atoms with E-state index in [-0.39, 0.29) is 5.91 Å². The number of methoxy groups -OCH3 is 1. The van der Waals surface area contributed by atoms with E-state index in [4.69, 9.17) is 15.9 Å². The molecule has 1 aliphatic rings. The van der Waals surface area contributed by atoms with Crippen molar-refractivity contribution in [2.75, 3.05) is 33.4 Å². The van der Waals surface area contributed by atoms with Gasteiger partial charge in [-0.3, -0.25) is 4.79 Å². The molecule has 0 bridgehead atoms. The van der Waals surface area contributed by atoms with Gasteiger partial charge in [0.2, 0.25) is 5.88 Å². The van der Waals surface area contributed by atoms with Gasteiger partial charge in [-0.2, -0.15) is 0 Å². The van der Waals surface area contributed by atoms with Crippen molar-refractivity contribution < 1.29 is 14.3 Å². The van der Waals surface area contributed by atoms with Crippen molar-refractivity contribution in [3.05, 3.63) is 23.9 Å². The second-order valence-electron chi connectivity index (χ2n) is 5.04. The van der Waals surface area contributed by atoms with Crippen LogP contribution in [0.2, 0.25) is 0 Å². The summed E-state index contributed by atoms with van der Waals surface area (Å²) in [6, 6.07) is 3.49. The van der Waals surface area contributed by atoms with E-state index in [0.29, 0.717) is 37.1 Å². The molecule has 5 heteroatoms. The summed E-state index contributed by atoms with van der Waals surface area (Å²) in [5, 5.41) is 0. The van der Waals surface area contributed by atoms with Gasteiger partial charge < -0.3 is 14.4 Å². The topological polar surface area (TPSA) is 51.7 Å². The molecule has 1 atom stereocenters. The van der Waals surface area contributed by atoms with Gasteiger partial charge in [-0.25, -0.2) is 4.98 Å². The van der Waals surface area contributed by atoms with Crippen molar-refractivity contribution >= 4 is 5.91 Å². The van der Waals surface area contributed by atoms with Crippen LogP contribution in [-0.2, 0) is 4.74 Å². The second kappa shape index (κ2) is 7.65. The molecule has 1 aliphatic heterocycles. The number of piperidine rings is 1. The van der Waals surface area contributed by atoms with E-state index < -0.39 is 0 Å². The predicted octanol–water partition coefficient (Wildman–Crippen LogP) is 1.59. The smallest absolute Gasteiger partial charge is 0.259 e. The number of carbonyl (C=O) groups is 1. The van der Waals surface area contributed by atoms with E-state index in [1.807, 2.05) is 4.90 Å². The van der Waals surface area contributed by atoms with E-state index in [1.165, 1.54) is 7.11 Å². The van der Waals surface area contributed by atoms with E-state index in [0.717, 1.165) is 19.4 Å². The lowest BCUT2D eigenvalue weighted by Gasteiger charge is -2.32. The van der Waals surface area contributed by atoms with Gasteiger partial charge in [-0.1, -0.05) is 5.92 Å². The summed E-state index contributed by atoms with van der Waals surface area (Å²) in [6.07, 6.45) is 8.81. The van der Waals surface area contributed by atoms with Crippen LogP contribution in [0.3, 0.4) is 0 Å². The van der Waals surface area contributed by atoms with Crippen molar-refractivity contribution in [1.82, 2.24) is 9.88 Å². The van der Waals surface area contributed by atoms with Crippen molar-refractivity contribution in [3.63, 3.8) is 0 Å². The molecule has 1 unspecified atom stereocenters. The molecule has 0 saturated carbocycles. The summed E-state index contributed by atoms with van der Waals surface area (Å²) in [4.78, 5) is 18.5. The zero-order valence-corrected chi connectivity index (χ0v) is 12.2. The number of nitrogens with zero attached hydrogens (tertiary/aromatic N) is 2. The zero-order valence-electron chi connectivity index (χ0n) is 12.2. The third-order valence-electron chi connectivity index (χ3n) is 3.54. The number of amides is 1. The molecule has 112 valence electrons. The van der Waals surface area contributed by atoms with Crippen LogP contribution in [0.1, 0.15) is 23.2 Å². The average molecular weight is 288 g/mol. The molecule has 1 aromatic rings. The van der Waals surface area contributed by atoms with Crippen molar-refractivity contribution in [2.45, 2.75) is 12.8 Å². The fourth-order valence-electron chi connectivity index (χ4n) is 2.56. The van der Waals surface area contributed by atoms with E-state index in [9.17, 15) is 4.79 Å². The number of ether oxygens (including phenoxy) is 2. The molecule has 0 spiro atoms. The number of likely N-dealkylation sites (tertiary alicyclic amines) is 1. The van der Waals surface area contributed by atoms with Crippen LogP contribution >= 0.6 is 0 Å². The molecule has 0 aliphatic carbocycles. The van der Waals surface area contributed by atoms with Gasteiger partial charge in [-0.15, -0.1) is 6.42 Å². The molecule has 2 heterocycles. The van der Waals surface area contributed by atoms with Crippen LogP contribution in [0, 0.1) is 18.3 Å². The number of hydrogen-bond acceptors (Lipinski definition) is 4. The van der Waals surface area contributed by atoms with Crippen LogP contribution < -0.4 is 4.74 Å². The maximum atomic E-state index is 12.6. The third-order valence-corrected chi connectivity index (χ3v) is 3.54. The highest BCUT2D eigenvalue weighted by molar-refractivity contribution is 5.96. The summed E-state index contributed by atoms with van der Waals surface area (Å²) in [6.45, 7) is 2.35. The maximum Gasteiger partial charge on any atom is 0.259 e. The van der Waals surface area contributed by atoms with Gasteiger partial charge in [0.25, 0.3) is 5.91 Å². The van der Waals surface area contributed by atoms with E-state index in [1.54, 1.807) is 18.3 Å². The first-order valence-corrected chi connectivity index (χ1v) is 7.05. The number of carbonyl (C=O) groups excluding carboxylic acids is 1. The summed E-state index contributed by atoms with van der Waals surface area (Å²) >= 11 is 0. The molecule has 1 fully saturated rings. The van der Waals surface area contributed by atoms with Crippen LogP contribution in [0.15, 0.2) is 18.3 Å². The molecule has 1 saturated heterocycles. The predicted molar refractivity (Wildman–Crippen MR) is 79.1 cm³/mol. The Kier molecular flexibility index (Phi) is 5.59. The Morgan fingerprint density at radius 3 is 3.24 bits per heavy atom. The SMILES string of the molecule is C#CCOCC1CCCN(C(=O)c2cccnc2OC)C1. The Hall–Kier alpha value is -2.06. The first-order chi connectivity index (χ1) is 10.3. The average Bonchev–Trinajstić information content (AvgIpc) is 2.54. The van der Waals surface area contributed by atoms with Crippen LogP contribution in [0.4, 0.5) is 0 Å². The van der Waals surface area contributed by atoms with Gasteiger partial charge in [0, 0.05) is 25.2 Å². The Labute approximate surface area is 125 Å². The number of hydrogen-bond donors (Lipinski definition) is 0. The first kappa shape index (κ1) is 15.3. The maximum absolute atomic E-state index is 12.6. The lowest BCUT2D eigenvalue weighted by atomic mass is 9.98. The first-order valence-electron chi connectivity index (χ1n) is 7.05. The Morgan fingerprint density at radius 2 is 2.48 bits per heavy atom. The molecule has 0 radical (unpaired) electrons. The molecule has 5 nitrogen and oxygen atoms in total. The quantitative estimate of drug-likeness (QED) is 0.610. The van der Waals surface area contributed by atoms with Crippen LogP contribution in [0.25, 0.3) is 0 Å². The minimum Gasteiger partial charge on any atom is -0.480 e. The molecule has 1 aromatic heterocycles. The number of aromatic nitrogens is 1. The minimum absolute atomic E-state index is 0.0402. The van der Waals surface area contributed by atoms with Crippen molar-refractivity contribution in [1.29, 1.82) is 0 Å². The molecular formula is C16H20N2O3. The highest BCUT2D eigenvalue weighted by atomic mass is 16.5. The van der Waals surface area contributed by atoms with E-state index in [2.05, 4.69) is 10.9 Å². The molecule has 0 N–H and O–H groups in total. The monoisotopic (exact) mass is 288 g/mol. The van der Waals surface area contributed by atoms with Gasteiger partial charge in [0.15, 0.2) is 0 Å². The van der Waals surface area contributed by atoms with Crippen molar-refractivity contribution in [2.24, 2.45) is 5.92 Å². The highest BCUT2D eigenvalue weighted by Gasteiger charge is 2.26. The van der Waals surface area contributed by atoms with Crippen LogP contribution in [0.5, 0.6) is 5.88 Å². The summed E-state index contributed by atoms with van der Waals surface area (Å²) in [5.41, 5.74) is 0.505. The van der Waals surface area contributed by atoms with Crippen molar-refractivity contribution in [3.8, 4) is 18.2 Å². The Bertz CT molecular complexity index is 524. The van der Waals surface area contributed by atoms with Gasteiger partial charge in [-0.05, 0) is 25.0 Å². The lowest BCUT2D eigenvalue weighted by molar-refractivity contribution is 0.0531. The fourth-order valence-corrected chi connectivity index (χ4v) is 2.56. The second-order valence-corrected chi connectivity index (χ2v) is 5.04. The fraction of sp³-hybridized carbons (Fsp3) is 0.500. The standard InChI is InChI=1S/C16H20N2O3/c1-3-10-21-12-13-6-5-9-18(11-13)16(19)14-7-4-8-17-15(14)20-2/h1,4,7-8,13H,5-6,9-12H2,2H3. The number of rotatable bonds is 5. The third kappa shape index (κ3) is 3.96. The largest absolute Gasteiger partial charge is 0.480 e. The minimum atomic E-state index is -0.0402. The number of pyridine rings is 1.